The monoisotopic (exact) mass is 306 g/mol. The third-order valence-electron chi connectivity index (χ3n) is 3.41. The molecule has 1 aliphatic rings. The van der Waals surface area contributed by atoms with Gasteiger partial charge in [0.15, 0.2) is 0 Å². The largest absolute Gasteiger partial charge is 0.382 e. The van der Waals surface area contributed by atoms with Gasteiger partial charge in [0.2, 0.25) is 0 Å². The Labute approximate surface area is 123 Å². The molecule has 1 N–H and O–H groups in total. The fourth-order valence-electron chi connectivity index (χ4n) is 2.22. The Bertz CT molecular complexity index is 392. The van der Waals surface area contributed by atoms with Gasteiger partial charge in [-0.2, -0.15) is 0 Å². The molecule has 1 saturated heterocycles. The molecule has 0 aliphatic carbocycles. The predicted octanol–water partition coefficient (Wildman–Crippen LogP) is 4.40. The molecule has 0 radical (unpaired) electrons. The van der Waals surface area contributed by atoms with Crippen LogP contribution in [-0.2, 0) is 0 Å². The first-order chi connectivity index (χ1) is 8.56. The molecule has 1 heterocycles. The van der Waals surface area contributed by atoms with Gasteiger partial charge < -0.3 is 10.2 Å². The highest BCUT2D eigenvalue weighted by Crippen LogP contribution is 2.34. The van der Waals surface area contributed by atoms with E-state index in [1.165, 1.54) is 12.8 Å². The Hall–Kier alpha value is -0.150. The molecule has 2 rings (SSSR count). The van der Waals surface area contributed by atoms with Gasteiger partial charge in [0.1, 0.15) is 0 Å². The number of likely N-dealkylation sites (tertiary alicyclic amines) is 1. The molecule has 0 spiro atoms. The molecular weight excluding hydrogens is 291 g/mol. The molecule has 18 heavy (non-hydrogen) atoms. The van der Waals surface area contributed by atoms with E-state index in [-0.39, 0.29) is 0 Å². The smallest absolute Gasteiger partial charge is 0.0720 e. The van der Waals surface area contributed by atoms with Gasteiger partial charge in [0.25, 0.3) is 0 Å². The summed E-state index contributed by atoms with van der Waals surface area (Å²) in [5.41, 5.74) is 0.793. The summed E-state index contributed by atoms with van der Waals surface area (Å²) in [6, 6.07) is 3.43. The number of nitrogens with one attached hydrogen (secondary N) is 1. The molecule has 0 aromatic heterocycles. The Morgan fingerprint density at radius 1 is 1.17 bits per heavy atom. The second kappa shape index (κ2) is 6.33. The Morgan fingerprint density at radius 3 is 2.28 bits per heavy atom. The molecule has 5 heteroatoms. The summed E-state index contributed by atoms with van der Waals surface area (Å²) >= 11 is 18.2. The summed E-state index contributed by atoms with van der Waals surface area (Å²) in [7, 11) is 2.16. The first-order valence-electron chi connectivity index (χ1n) is 6.13. The van der Waals surface area contributed by atoms with Crippen molar-refractivity contribution in [1.82, 2.24) is 4.90 Å². The van der Waals surface area contributed by atoms with E-state index >= 15 is 0 Å². The lowest BCUT2D eigenvalue weighted by Gasteiger charge is -2.29. The molecule has 1 aliphatic heterocycles. The molecule has 1 aromatic carbocycles. The van der Waals surface area contributed by atoms with Crippen molar-refractivity contribution in [2.24, 2.45) is 5.92 Å². The lowest BCUT2D eigenvalue weighted by molar-refractivity contribution is 0.226. The minimum Gasteiger partial charge on any atom is -0.382 e. The number of hydrogen-bond donors (Lipinski definition) is 1. The van der Waals surface area contributed by atoms with E-state index in [0.29, 0.717) is 21.0 Å². The predicted molar refractivity (Wildman–Crippen MR) is 80.2 cm³/mol. The highest BCUT2D eigenvalue weighted by Gasteiger charge is 2.17. The van der Waals surface area contributed by atoms with Gasteiger partial charge in [-0.05, 0) is 51.0 Å². The van der Waals surface area contributed by atoms with Crippen LogP contribution in [0.4, 0.5) is 5.69 Å². The summed E-state index contributed by atoms with van der Waals surface area (Å²) in [6.45, 7) is 3.23. The minimum absolute atomic E-state index is 0.565. The fraction of sp³-hybridized carbons (Fsp3) is 0.538. The quantitative estimate of drug-likeness (QED) is 0.890. The van der Waals surface area contributed by atoms with Crippen LogP contribution in [0.2, 0.25) is 15.1 Å². The van der Waals surface area contributed by atoms with Crippen LogP contribution < -0.4 is 5.32 Å². The third-order valence-corrected chi connectivity index (χ3v) is 4.23. The van der Waals surface area contributed by atoms with E-state index in [0.717, 1.165) is 25.3 Å². The average molecular weight is 308 g/mol. The van der Waals surface area contributed by atoms with Crippen molar-refractivity contribution in [3.63, 3.8) is 0 Å². The third kappa shape index (κ3) is 3.67. The van der Waals surface area contributed by atoms with Crippen LogP contribution in [0.5, 0.6) is 0 Å². The molecule has 0 saturated carbocycles. The molecule has 0 unspecified atom stereocenters. The number of hydrogen-bond acceptors (Lipinski definition) is 2. The standard InChI is InChI=1S/C13H17Cl3N2/c1-18-4-2-9(3-5-18)8-17-13-11(15)6-10(14)7-12(13)16/h6-7,9,17H,2-5,8H2,1H3. The van der Waals surface area contributed by atoms with Gasteiger partial charge in [-0.3, -0.25) is 0 Å². The first kappa shape index (κ1) is 14.3. The topological polar surface area (TPSA) is 15.3 Å². The highest BCUT2D eigenvalue weighted by molar-refractivity contribution is 6.41. The van der Waals surface area contributed by atoms with E-state index < -0.39 is 0 Å². The number of anilines is 1. The second-order valence-electron chi connectivity index (χ2n) is 4.87. The van der Waals surface area contributed by atoms with Gasteiger partial charge in [0, 0.05) is 11.6 Å². The zero-order chi connectivity index (χ0) is 13.1. The maximum atomic E-state index is 6.14. The first-order valence-corrected chi connectivity index (χ1v) is 7.26. The molecule has 0 amide bonds. The lowest BCUT2D eigenvalue weighted by Crippen LogP contribution is -2.33. The Kier molecular flexibility index (Phi) is 5.02. The van der Waals surface area contributed by atoms with Crippen molar-refractivity contribution >= 4 is 40.5 Å². The molecule has 0 atom stereocenters. The van der Waals surface area contributed by atoms with E-state index in [9.17, 15) is 0 Å². The van der Waals surface area contributed by atoms with Crippen LogP contribution >= 0.6 is 34.8 Å². The number of benzene rings is 1. The normalized spacial score (nSPS) is 18.0. The zero-order valence-corrected chi connectivity index (χ0v) is 12.6. The maximum Gasteiger partial charge on any atom is 0.0720 e. The summed E-state index contributed by atoms with van der Waals surface area (Å²) < 4.78 is 0. The van der Waals surface area contributed by atoms with Crippen molar-refractivity contribution in [3.8, 4) is 0 Å². The van der Waals surface area contributed by atoms with Crippen LogP contribution in [0, 0.1) is 5.92 Å². The number of rotatable bonds is 3. The van der Waals surface area contributed by atoms with Crippen molar-refractivity contribution in [2.75, 3.05) is 32.0 Å². The van der Waals surface area contributed by atoms with Crippen molar-refractivity contribution < 1.29 is 0 Å². The molecular formula is C13H17Cl3N2. The van der Waals surface area contributed by atoms with Crippen LogP contribution in [-0.4, -0.2) is 31.6 Å². The SMILES string of the molecule is CN1CCC(CNc2c(Cl)cc(Cl)cc2Cl)CC1. The lowest BCUT2D eigenvalue weighted by atomic mass is 9.97. The number of nitrogens with zero attached hydrogens (tertiary/aromatic N) is 1. The molecule has 1 aromatic rings. The second-order valence-corrected chi connectivity index (χ2v) is 6.12. The van der Waals surface area contributed by atoms with Crippen molar-refractivity contribution in [1.29, 1.82) is 0 Å². The zero-order valence-electron chi connectivity index (χ0n) is 10.3. The van der Waals surface area contributed by atoms with E-state index in [2.05, 4.69) is 17.3 Å². The number of halogens is 3. The number of piperidine rings is 1. The highest BCUT2D eigenvalue weighted by atomic mass is 35.5. The summed E-state index contributed by atoms with van der Waals surface area (Å²) in [4.78, 5) is 2.36. The molecule has 2 nitrogen and oxygen atoms in total. The van der Waals surface area contributed by atoms with E-state index in [1.807, 2.05) is 0 Å². The Balaban J connectivity index is 1.94. The van der Waals surface area contributed by atoms with Gasteiger partial charge in [-0.15, -0.1) is 0 Å². The van der Waals surface area contributed by atoms with Gasteiger partial charge in [0.05, 0.1) is 15.7 Å². The summed E-state index contributed by atoms with van der Waals surface area (Å²) in [5, 5.41) is 5.08. The molecule has 1 fully saturated rings. The van der Waals surface area contributed by atoms with Crippen molar-refractivity contribution in [3.05, 3.63) is 27.2 Å². The van der Waals surface area contributed by atoms with E-state index in [4.69, 9.17) is 34.8 Å². The van der Waals surface area contributed by atoms with Gasteiger partial charge in [-0.25, -0.2) is 0 Å². The van der Waals surface area contributed by atoms with Crippen LogP contribution in [0.3, 0.4) is 0 Å². The Morgan fingerprint density at radius 2 is 1.72 bits per heavy atom. The van der Waals surface area contributed by atoms with Gasteiger partial charge in [-0.1, -0.05) is 34.8 Å². The molecule has 0 bridgehead atoms. The minimum atomic E-state index is 0.565. The van der Waals surface area contributed by atoms with Crippen LogP contribution in [0.1, 0.15) is 12.8 Å². The summed E-state index contributed by atoms with van der Waals surface area (Å²) in [5.74, 6) is 0.684. The van der Waals surface area contributed by atoms with Crippen LogP contribution in [0.15, 0.2) is 12.1 Å². The maximum absolute atomic E-state index is 6.14. The van der Waals surface area contributed by atoms with Crippen molar-refractivity contribution in [2.45, 2.75) is 12.8 Å². The molecule has 100 valence electrons. The summed E-state index contributed by atoms with van der Waals surface area (Å²) in [6.07, 6.45) is 2.43. The van der Waals surface area contributed by atoms with Crippen LogP contribution in [0.25, 0.3) is 0 Å². The average Bonchev–Trinajstić information content (AvgIpc) is 2.30. The van der Waals surface area contributed by atoms with E-state index in [1.54, 1.807) is 12.1 Å². The fourth-order valence-corrected chi connectivity index (χ4v) is 3.17. The van der Waals surface area contributed by atoms with Gasteiger partial charge >= 0.3 is 0 Å².